The second-order valence-corrected chi connectivity index (χ2v) is 4.78. The predicted molar refractivity (Wildman–Crippen MR) is 75.0 cm³/mol. The number of benzene rings is 1. The molecule has 0 saturated carbocycles. The zero-order chi connectivity index (χ0) is 15.1. The molecule has 5 nitrogen and oxygen atoms in total. The maximum absolute atomic E-state index is 12.3. The van der Waals surface area contributed by atoms with Crippen LogP contribution >= 0.6 is 0 Å². The highest BCUT2D eigenvalue weighted by Crippen LogP contribution is 2.17. The van der Waals surface area contributed by atoms with Crippen LogP contribution in [0.4, 0.5) is 0 Å². The van der Waals surface area contributed by atoms with Crippen LogP contribution in [-0.4, -0.2) is 32.1 Å². The molecule has 1 amide bonds. The number of carbonyl (C=O) groups excluding carboxylic acids is 2. The molecule has 20 heavy (non-hydrogen) atoms. The van der Waals surface area contributed by atoms with Gasteiger partial charge in [-0.1, -0.05) is 44.2 Å². The summed E-state index contributed by atoms with van der Waals surface area (Å²) in [6.45, 7) is 3.68. The van der Waals surface area contributed by atoms with Gasteiger partial charge in [0.1, 0.15) is 6.04 Å². The van der Waals surface area contributed by atoms with Gasteiger partial charge in [-0.25, -0.2) is 4.79 Å². The van der Waals surface area contributed by atoms with Gasteiger partial charge in [0.25, 0.3) is 5.91 Å². The first-order chi connectivity index (χ1) is 9.51. The number of amides is 1. The van der Waals surface area contributed by atoms with Gasteiger partial charge >= 0.3 is 5.97 Å². The Morgan fingerprint density at radius 2 is 1.70 bits per heavy atom. The van der Waals surface area contributed by atoms with Crippen LogP contribution < -0.4 is 5.32 Å². The third-order valence-corrected chi connectivity index (χ3v) is 3.00. The summed E-state index contributed by atoms with van der Waals surface area (Å²) in [5.41, 5.74) is 0.736. The smallest absolute Gasteiger partial charge is 0.328 e. The lowest BCUT2D eigenvalue weighted by molar-refractivity contribution is -0.148. The Labute approximate surface area is 119 Å². The molecular weight excluding hydrogens is 258 g/mol. The molecule has 1 rings (SSSR count). The number of esters is 1. The molecule has 0 aliphatic carbocycles. The minimum Gasteiger partial charge on any atom is -0.467 e. The van der Waals surface area contributed by atoms with Crippen LogP contribution in [0, 0.1) is 5.92 Å². The largest absolute Gasteiger partial charge is 0.467 e. The van der Waals surface area contributed by atoms with Crippen molar-refractivity contribution in [2.75, 3.05) is 14.2 Å². The van der Waals surface area contributed by atoms with Crippen molar-refractivity contribution >= 4 is 11.9 Å². The highest BCUT2D eigenvalue weighted by atomic mass is 16.5. The molecule has 5 heteroatoms. The Balaban J connectivity index is 2.84. The van der Waals surface area contributed by atoms with Crippen LogP contribution in [0.5, 0.6) is 0 Å². The van der Waals surface area contributed by atoms with Crippen LogP contribution in [0.2, 0.25) is 0 Å². The summed E-state index contributed by atoms with van der Waals surface area (Å²) < 4.78 is 9.93. The summed E-state index contributed by atoms with van der Waals surface area (Å²) >= 11 is 0. The zero-order valence-corrected chi connectivity index (χ0v) is 12.3. The molecule has 1 aromatic carbocycles. The van der Waals surface area contributed by atoms with E-state index in [2.05, 4.69) is 5.32 Å². The first-order valence-corrected chi connectivity index (χ1v) is 6.47. The summed E-state index contributed by atoms with van der Waals surface area (Å²) in [5, 5.41) is 2.68. The minimum absolute atomic E-state index is 0.0697. The lowest BCUT2D eigenvalue weighted by Crippen LogP contribution is -2.47. The monoisotopic (exact) mass is 279 g/mol. The number of ether oxygens (including phenoxy) is 2. The molecule has 0 unspecified atom stereocenters. The Hall–Kier alpha value is -1.88. The van der Waals surface area contributed by atoms with Crippen molar-refractivity contribution in [1.29, 1.82) is 0 Å². The first-order valence-electron chi connectivity index (χ1n) is 6.47. The molecule has 0 heterocycles. The second-order valence-electron chi connectivity index (χ2n) is 4.78. The van der Waals surface area contributed by atoms with Gasteiger partial charge in [-0.15, -0.1) is 0 Å². The van der Waals surface area contributed by atoms with Crippen molar-refractivity contribution in [1.82, 2.24) is 5.32 Å². The summed E-state index contributed by atoms with van der Waals surface area (Å²) in [7, 11) is 2.76. The van der Waals surface area contributed by atoms with Gasteiger partial charge < -0.3 is 14.8 Å². The van der Waals surface area contributed by atoms with Gasteiger partial charge in [0.2, 0.25) is 0 Å². The molecule has 1 aromatic rings. The minimum atomic E-state index is -0.748. The van der Waals surface area contributed by atoms with Crippen LogP contribution in [0.25, 0.3) is 0 Å². The summed E-state index contributed by atoms with van der Waals surface area (Å²) in [5.74, 6) is -0.890. The summed E-state index contributed by atoms with van der Waals surface area (Å²) in [6, 6.07) is 8.43. The lowest BCUT2D eigenvalue weighted by Gasteiger charge is -2.23. The Morgan fingerprint density at radius 3 is 2.15 bits per heavy atom. The van der Waals surface area contributed by atoms with Crippen molar-refractivity contribution in [2.45, 2.75) is 26.0 Å². The molecule has 0 radical (unpaired) electrons. The van der Waals surface area contributed by atoms with E-state index in [4.69, 9.17) is 9.47 Å². The number of hydrogen-bond donors (Lipinski definition) is 1. The van der Waals surface area contributed by atoms with Crippen molar-refractivity contribution in [2.24, 2.45) is 5.92 Å². The van der Waals surface area contributed by atoms with Crippen molar-refractivity contribution in [3.63, 3.8) is 0 Å². The second kappa shape index (κ2) is 7.65. The molecule has 0 saturated heterocycles. The van der Waals surface area contributed by atoms with Gasteiger partial charge in [0.15, 0.2) is 6.10 Å². The average molecular weight is 279 g/mol. The van der Waals surface area contributed by atoms with Crippen molar-refractivity contribution < 1.29 is 19.1 Å². The molecule has 0 aromatic heterocycles. The number of hydrogen-bond acceptors (Lipinski definition) is 4. The highest BCUT2D eigenvalue weighted by molar-refractivity contribution is 5.87. The Morgan fingerprint density at radius 1 is 1.10 bits per heavy atom. The first kappa shape index (κ1) is 16.2. The number of rotatable bonds is 6. The van der Waals surface area contributed by atoms with Crippen LogP contribution in [0.3, 0.4) is 0 Å². The number of nitrogens with one attached hydrogen (secondary N) is 1. The van der Waals surface area contributed by atoms with Gasteiger partial charge in [-0.2, -0.15) is 0 Å². The van der Waals surface area contributed by atoms with Crippen molar-refractivity contribution in [3.05, 3.63) is 35.9 Å². The SMILES string of the molecule is COC(=O)[C@H](NC(=O)[C@H](OC)c1ccccc1)C(C)C. The molecule has 2 atom stereocenters. The quantitative estimate of drug-likeness (QED) is 0.805. The third kappa shape index (κ3) is 4.06. The molecule has 110 valence electrons. The van der Waals surface area contributed by atoms with Crippen LogP contribution in [0.1, 0.15) is 25.5 Å². The van der Waals surface area contributed by atoms with E-state index in [1.54, 1.807) is 12.1 Å². The zero-order valence-electron chi connectivity index (χ0n) is 12.3. The normalized spacial score (nSPS) is 13.7. The summed E-state index contributed by atoms with van der Waals surface area (Å²) in [4.78, 5) is 23.9. The van der Waals surface area contributed by atoms with Gasteiger partial charge in [-0.05, 0) is 11.5 Å². The molecule has 0 aliphatic heterocycles. The number of carbonyl (C=O) groups is 2. The average Bonchev–Trinajstić information content (AvgIpc) is 2.45. The standard InChI is InChI=1S/C15H21NO4/c1-10(2)12(15(18)20-4)16-14(17)13(19-3)11-8-6-5-7-9-11/h5-10,12-13H,1-4H3,(H,16,17)/t12-,13-/m1/s1. The van der Waals surface area contributed by atoms with Crippen LogP contribution in [-0.2, 0) is 19.1 Å². The maximum atomic E-state index is 12.3. The molecular formula is C15H21NO4. The lowest BCUT2D eigenvalue weighted by atomic mass is 10.0. The number of methoxy groups -OCH3 is 2. The molecule has 0 fully saturated rings. The van der Waals surface area contributed by atoms with E-state index in [9.17, 15) is 9.59 Å². The topological polar surface area (TPSA) is 64.6 Å². The Bertz CT molecular complexity index is 444. The molecule has 1 N–H and O–H groups in total. The van der Waals surface area contributed by atoms with Crippen LogP contribution in [0.15, 0.2) is 30.3 Å². The maximum Gasteiger partial charge on any atom is 0.328 e. The van der Waals surface area contributed by atoms with E-state index in [0.29, 0.717) is 0 Å². The van der Waals surface area contributed by atoms with E-state index in [-0.39, 0.29) is 11.8 Å². The fourth-order valence-electron chi connectivity index (χ4n) is 1.88. The fraction of sp³-hybridized carbons (Fsp3) is 0.467. The van der Waals surface area contributed by atoms with Gasteiger partial charge in [0, 0.05) is 7.11 Å². The Kier molecular flexibility index (Phi) is 6.18. The van der Waals surface area contributed by atoms with E-state index >= 15 is 0 Å². The third-order valence-electron chi connectivity index (χ3n) is 3.00. The van der Waals surface area contributed by atoms with E-state index in [1.165, 1.54) is 14.2 Å². The van der Waals surface area contributed by atoms with Gasteiger partial charge in [-0.3, -0.25) is 4.79 Å². The highest BCUT2D eigenvalue weighted by Gasteiger charge is 2.29. The van der Waals surface area contributed by atoms with E-state index in [0.717, 1.165) is 5.56 Å². The molecule has 0 spiro atoms. The predicted octanol–water partition coefficient (Wildman–Crippen LogP) is 1.69. The van der Waals surface area contributed by atoms with E-state index < -0.39 is 18.1 Å². The molecule has 0 bridgehead atoms. The van der Waals surface area contributed by atoms with E-state index in [1.807, 2.05) is 32.0 Å². The van der Waals surface area contributed by atoms with Crippen molar-refractivity contribution in [3.8, 4) is 0 Å². The van der Waals surface area contributed by atoms with Gasteiger partial charge in [0.05, 0.1) is 7.11 Å². The molecule has 0 aliphatic rings. The fourth-order valence-corrected chi connectivity index (χ4v) is 1.88. The summed E-state index contributed by atoms with van der Waals surface area (Å²) in [6.07, 6.45) is -0.748.